The van der Waals surface area contributed by atoms with Crippen LogP contribution in [0, 0.1) is 0 Å². The Hall–Kier alpha value is -1.35. The van der Waals surface area contributed by atoms with E-state index in [0.717, 1.165) is 25.1 Å². The predicted octanol–water partition coefficient (Wildman–Crippen LogP) is 1.50. The molecule has 0 radical (unpaired) electrons. The third-order valence-corrected chi connectivity index (χ3v) is 2.16. The molecule has 0 aromatic heterocycles. The van der Waals surface area contributed by atoms with Crippen molar-refractivity contribution in [2.24, 2.45) is 10.8 Å². The zero-order valence-corrected chi connectivity index (χ0v) is 8.53. The van der Waals surface area contributed by atoms with Gasteiger partial charge in [0, 0.05) is 13.5 Å². The van der Waals surface area contributed by atoms with Gasteiger partial charge in [-0.2, -0.15) is 0 Å². The molecule has 0 spiro atoms. The van der Waals surface area contributed by atoms with E-state index >= 15 is 0 Å². The lowest BCUT2D eigenvalue weighted by Crippen LogP contribution is -2.30. The molecule has 0 fully saturated rings. The quantitative estimate of drug-likeness (QED) is 0.328. The molecule has 3 N–H and O–H groups in total. The fourth-order valence-electron chi connectivity index (χ4n) is 1.35. The molecule has 0 amide bonds. The van der Waals surface area contributed by atoms with Crippen LogP contribution in [0.15, 0.2) is 35.3 Å². The summed E-state index contributed by atoms with van der Waals surface area (Å²) in [6.07, 6.45) is 3.05. The summed E-state index contributed by atoms with van der Waals surface area (Å²) in [5.41, 5.74) is 3.95. The van der Waals surface area contributed by atoms with Gasteiger partial charge >= 0.3 is 0 Å². The maximum Gasteiger partial charge on any atom is 0.110 e. The lowest BCUT2D eigenvalue weighted by molar-refractivity contribution is 0.830. The number of nitrogens with one attached hydrogen (secondary N) is 1. The molecule has 0 aliphatic heterocycles. The van der Waals surface area contributed by atoms with Crippen LogP contribution in [0.25, 0.3) is 0 Å². The maximum absolute atomic E-state index is 5.28. The zero-order chi connectivity index (χ0) is 10.2. The standard InChI is InChI=1S/C11H17N3/c1-13-11(14-12)9-5-8-10-6-3-2-4-7-10/h2-4,6-7H,5,8-9,12H2,1H3,(H,13,14). The second kappa shape index (κ2) is 6.16. The van der Waals surface area contributed by atoms with Crippen LogP contribution >= 0.6 is 0 Å². The van der Waals surface area contributed by atoms with E-state index in [1.165, 1.54) is 5.56 Å². The number of benzene rings is 1. The van der Waals surface area contributed by atoms with Crippen LogP contribution in [0.4, 0.5) is 0 Å². The van der Waals surface area contributed by atoms with Gasteiger partial charge < -0.3 is 5.43 Å². The largest absolute Gasteiger partial charge is 0.312 e. The molecule has 14 heavy (non-hydrogen) atoms. The molecule has 3 nitrogen and oxygen atoms in total. The van der Waals surface area contributed by atoms with Gasteiger partial charge in [0.15, 0.2) is 0 Å². The first kappa shape index (κ1) is 10.7. The molecule has 1 rings (SSSR count). The summed E-state index contributed by atoms with van der Waals surface area (Å²) in [7, 11) is 1.75. The van der Waals surface area contributed by atoms with Crippen LogP contribution in [-0.4, -0.2) is 12.9 Å². The number of amidine groups is 1. The van der Waals surface area contributed by atoms with E-state index in [4.69, 9.17) is 5.84 Å². The molecule has 0 bridgehead atoms. The Balaban J connectivity index is 2.29. The highest BCUT2D eigenvalue weighted by atomic mass is 15.2. The Morgan fingerprint density at radius 1 is 1.36 bits per heavy atom. The number of hydrazine groups is 1. The molecule has 76 valence electrons. The van der Waals surface area contributed by atoms with Crippen molar-refractivity contribution in [1.82, 2.24) is 5.43 Å². The molecule has 0 unspecified atom stereocenters. The van der Waals surface area contributed by atoms with Gasteiger partial charge in [0.05, 0.1) is 0 Å². The van der Waals surface area contributed by atoms with Gasteiger partial charge in [-0.3, -0.25) is 4.99 Å². The number of aryl methyl sites for hydroxylation is 1. The number of rotatable bonds is 4. The third kappa shape index (κ3) is 3.58. The molecule has 0 saturated heterocycles. The molecular formula is C11H17N3. The molecule has 1 aromatic rings. The Morgan fingerprint density at radius 3 is 2.64 bits per heavy atom. The van der Waals surface area contributed by atoms with Crippen LogP contribution in [0.2, 0.25) is 0 Å². The first-order valence-electron chi connectivity index (χ1n) is 4.83. The minimum Gasteiger partial charge on any atom is -0.312 e. The van der Waals surface area contributed by atoms with Gasteiger partial charge in [-0.25, -0.2) is 5.84 Å². The molecule has 0 heterocycles. The molecule has 0 saturated carbocycles. The number of nitrogens with two attached hydrogens (primary N) is 1. The fourth-order valence-corrected chi connectivity index (χ4v) is 1.35. The van der Waals surface area contributed by atoms with Crippen LogP contribution in [0.5, 0.6) is 0 Å². The average Bonchev–Trinajstić information content (AvgIpc) is 2.26. The van der Waals surface area contributed by atoms with E-state index in [-0.39, 0.29) is 0 Å². The Labute approximate surface area is 85.0 Å². The Morgan fingerprint density at radius 2 is 2.07 bits per heavy atom. The lowest BCUT2D eigenvalue weighted by atomic mass is 10.1. The molecule has 0 aliphatic rings. The molecule has 0 aliphatic carbocycles. The summed E-state index contributed by atoms with van der Waals surface area (Å²) in [6.45, 7) is 0. The summed E-state index contributed by atoms with van der Waals surface area (Å²) in [4.78, 5) is 4.02. The smallest absolute Gasteiger partial charge is 0.110 e. The van der Waals surface area contributed by atoms with Gasteiger partial charge in [-0.05, 0) is 18.4 Å². The maximum atomic E-state index is 5.28. The van der Waals surface area contributed by atoms with Gasteiger partial charge in [0.1, 0.15) is 5.84 Å². The first-order valence-corrected chi connectivity index (χ1v) is 4.83. The van der Waals surface area contributed by atoms with Gasteiger partial charge in [-0.1, -0.05) is 30.3 Å². The third-order valence-electron chi connectivity index (χ3n) is 2.16. The second-order valence-corrected chi connectivity index (χ2v) is 3.15. The highest BCUT2D eigenvalue weighted by molar-refractivity contribution is 5.81. The highest BCUT2D eigenvalue weighted by Crippen LogP contribution is 2.04. The summed E-state index contributed by atoms with van der Waals surface area (Å²) in [6, 6.07) is 10.4. The molecule has 0 atom stereocenters. The second-order valence-electron chi connectivity index (χ2n) is 3.15. The molecular weight excluding hydrogens is 174 g/mol. The van der Waals surface area contributed by atoms with E-state index in [1.807, 2.05) is 6.07 Å². The van der Waals surface area contributed by atoms with Crippen LogP contribution in [0.1, 0.15) is 18.4 Å². The van der Waals surface area contributed by atoms with Crippen molar-refractivity contribution in [2.75, 3.05) is 7.05 Å². The van der Waals surface area contributed by atoms with Gasteiger partial charge in [0.2, 0.25) is 0 Å². The minimum absolute atomic E-state index is 0.862. The number of hydrogen-bond donors (Lipinski definition) is 2. The van der Waals surface area contributed by atoms with Gasteiger partial charge in [0.25, 0.3) is 0 Å². The van der Waals surface area contributed by atoms with Crippen LogP contribution in [0.3, 0.4) is 0 Å². The van der Waals surface area contributed by atoms with Crippen molar-refractivity contribution in [3.63, 3.8) is 0 Å². The molecule has 1 aromatic carbocycles. The van der Waals surface area contributed by atoms with Crippen molar-refractivity contribution in [1.29, 1.82) is 0 Å². The topological polar surface area (TPSA) is 50.4 Å². The normalized spacial score (nSPS) is 11.4. The monoisotopic (exact) mass is 191 g/mol. The summed E-state index contributed by atoms with van der Waals surface area (Å²) < 4.78 is 0. The summed E-state index contributed by atoms with van der Waals surface area (Å²) in [5.74, 6) is 6.14. The summed E-state index contributed by atoms with van der Waals surface area (Å²) in [5, 5.41) is 0. The van der Waals surface area contributed by atoms with Crippen molar-refractivity contribution in [2.45, 2.75) is 19.3 Å². The Bertz CT molecular complexity index is 280. The summed E-state index contributed by atoms with van der Waals surface area (Å²) >= 11 is 0. The minimum atomic E-state index is 0.862. The Kier molecular flexibility index (Phi) is 4.72. The van der Waals surface area contributed by atoms with E-state index < -0.39 is 0 Å². The fraction of sp³-hybridized carbons (Fsp3) is 0.364. The zero-order valence-electron chi connectivity index (χ0n) is 8.53. The van der Waals surface area contributed by atoms with Crippen LogP contribution < -0.4 is 11.3 Å². The van der Waals surface area contributed by atoms with Crippen molar-refractivity contribution < 1.29 is 0 Å². The average molecular weight is 191 g/mol. The number of nitrogens with zero attached hydrogens (tertiary/aromatic N) is 1. The van der Waals surface area contributed by atoms with E-state index in [1.54, 1.807) is 7.05 Å². The molecule has 3 heteroatoms. The van der Waals surface area contributed by atoms with E-state index in [9.17, 15) is 0 Å². The predicted molar refractivity (Wildman–Crippen MR) is 60.1 cm³/mol. The van der Waals surface area contributed by atoms with E-state index in [0.29, 0.717) is 0 Å². The van der Waals surface area contributed by atoms with Gasteiger partial charge in [-0.15, -0.1) is 0 Å². The number of hydrogen-bond acceptors (Lipinski definition) is 2. The first-order chi connectivity index (χ1) is 6.86. The lowest BCUT2D eigenvalue weighted by Gasteiger charge is -2.04. The van der Waals surface area contributed by atoms with Crippen LogP contribution in [-0.2, 0) is 6.42 Å². The van der Waals surface area contributed by atoms with Crippen molar-refractivity contribution in [3.05, 3.63) is 35.9 Å². The van der Waals surface area contributed by atoms with E-state index in [2.05, 4.69) is 34.7 Å². The van der Waals surface area contributed by atoms with Crippen molar-refractivity contribution in [3.8, 4) is 0 Å². The number of aliphatic imine (C=N–C) groups is 1. The SMILES string of the molecule is CN=C(CCCc1ccccc1)NN. The van der Waals surface area contributed by atoms with Crippen molar-refractivity contribution >= 4 is 5.84 Å². The highest BCUT2D eigenvalue weighted by Gasteiger charge is 1.96.